The van der Waals surface area contributed by atoms with Crippen molar-refractivity contribution in [3.63, 3.8) is 0 Å². The minimum absolute atomic E-state index is 0.510. The van der Waals surface area contributed by atoms with E-state index in [0.29, 0.717) is 18.6 Å². The van der Waals surface area contributed by atoms with Crippen molar-refractivity contribution in [2.24, 2.45) is 0 Å². The molecule has 4 heteroatoms. The third kappa shape index (κ3) is 10.6. The van der Waals surface area contributed by atoms with E-state index < -0.39 is 11.7 Å². The van der Waals surface area contributed by atoms with Gasteiger partial charge in [-0.05, 0) is 31.8 Å². The molecule has 0 aromatic carbocycles. The third-order valence-electron chi connectivity index (χ3n) is 3.09. The van der Waals surface area contributed by atoms with Gasteiger partial charge in [-0.3, -0.25) is 0 Å². The first-order valence-electron chi connectivity index (χ1n) is 7.29. The Kier molecular flexibility index (Phi) is 11.4. The number of unbranched alkanes of at least 4 members (excludes halogenated alkanes) is 5. The highest BCUT2D eigenvalue weighted by Gasteiger charge is 2.08. The van der Waals surface area contributed by atoms with Gasteiger partial charge < -0.3 is 14.9 Å². The lowest BCUT2D eigenvalue weighted by Crippen LogP contribution is -2.03. The van der Waals surface area contributed by atoms with Gasteiger partial charge in [0.25, 0.3) is 0 Å². The van der Waals surface area contributed by atoms with Gasteiger partial charge in [-0.1, -0.05) is 39.0 Å². The largest absolute Gasteiger partial charge is 0.502 e. The number of hydrogen-bond acceptors (Lipinski definition) is 3. The normalized spacial score (nSPS) is 12.3. The fourth-order valence-electron chi connectivity index (χ4n) is 1.83. The van der Waals surface area contributed by atoms with Gasteiger partial charge in [0.2, 0.25) is 5.76 Å². The van der Waals surface area contributed by atoms with Crippen LogP contribution in [0.3, 0.4) is 0 Å². The zero-order valence-electron chi connectivity index (χ0n) is 12.3. The van der Waals surface area contributed by atoms with Crippen LogP contribution in [0.1, 0.15) is 65.2 Å². The van der Waals surface area contributed by atoms with E-state index in [1.807, 2.05) is 0 Å². The van der Waals surface area contributed by atoms with Crippen molar-refractivity contribution in [2.45, 2.75) is 65.2 Å². The molecule has 0 aromatic heterocycles. The molecule has 0 amide bonds. The summed E-state index contributed by atoms with van der Waals surface area (Å²) in [5, 5.41) is 17.8. The minimum atomic E-state index is -1.26. The predicted octanol–water partition coefficient (Wildman–Crippen LogP) is 4.06. The predicted molar refractivity (Wildman–Crippen MR) is 76.4 cm³/mol. The van der Waals surface area contributed by atoms with Crippen molar-refractivity contribution in [2.75, 3.05) is 13.2 Å². The average Bonchev–Trinajstić information content (AvgIpc) is 2.39. The zero-order valence-corrected chi connectivity index (χ0v) is 12.3. The van der Waals surface area contributed by atoms with Crippen molar-refractivity contribution < 1.29 is 19.7 Å². The summed E-state index contributed by atoms with van der Waals surface area (Å²) >= 11 is 0. The minimum Gasteiger partial charge on any atom is -0.502 e. The molecule has 0 heterocycles. The van der Waals surface area contributed by atoms with Crippen LogP contribution in [0.4, 0.5) is 0 Å². The van der Waals surface area contributed by atoms with Crippen LogP contribution in [0, 0.1) is 0 Å². The smallest absolute Gasteiger partial charge is 0.370 e. The zero-order chi connectivity index (χ0) is 14.5. The molecular formula is C15H28O4. The molecule has 0 aliphatic heterocycles. The molecule has 2 N–H and O–H groups in total. The number of aliphatic hydroxyl groups is 1. The number of carboxylic acids is 1. The fourth-order valence-corrected chi connectivity index (χ4v) is 1.83. The summed E-state index contributed by atoms with van der Waals surface area (Å²) in [6.07, 6.45) is 8.82. The van der Waals surface area contributed by atoms with Gasteiger partial charge in [-0.2, -0.15) is 0 Å². The van der Waals surface area contributed by atoms with Gasteiger partial charge in [0.15, 0.2) is 0 Å². The second kappa shape index (κ2) is 12.0. The van der Waals surface area contributed by atoms with Crippen molar-refractivity contribution in [1.82, 2.24) is 0 Å². The van der Waals surface area contributed by atoms with Gasteiger partial charge in [-0.15, -0.1) is 0 Å². The van der Waals surface area contributed by atoms with E-state index in [9.17, 15) is 9.90 Å². The molecule has 112 valence electrons. The fraction of sp³-hybridized carbons (Fsp3) is 0.800. The topological polar surface area (TPSA) is 66.8 Å². The van der Waals surface area contributed by atoms with Gasteiger partial charge in [0.1, 0.15) is 0 Å². The lowest BCUT2D eigenvalue weighted by molar-refractivity contribution is -0.135. The molecule has 0 bridgehead atoms. The summed E-state index contributed by atoms with van der Waals surface area (Å²) in [6, 6.07) is 0. The van der Waals surface area contributed by atoms with Gasteiger partial charge in [0, 0.05) is 13.2 Å². The standard InChI is InChI=1S/C15H28O4/c1-3-4-5-6-7-8-11-19-12-9-10-13(2)14(16)15(17)18/h16H,3-12H2,1-2H3,(H,17,18). The molecule has 0 unspecified atom stereocenters. The molecule has 0 aliphatic rings. The van der Waals surface area contributed by atoms with Gasteiger partial charge in [-0.25, -0.2) is 4.79 Å². The van der Waals surface area contributed by atoms with Gasteiger partial charge >= 0.3 is 5.97 Å². The number of ether oxygens (including phenoxy) is 1. The molecule has 4 nitrogen and oxygen atoms in total. The van der Waals surface area contributed by atoms with Crippen LogP contribution >= 0.6 is 0 Å². The molecule has 0 aliphatic carbocycles. The first-order valence-corrected chi connectivity index (χ1v) is 7.29. The van der Waals surface area contributed by atoms with Crippen molar-refractivity contribution in [1.29, 1.82) is 0 Å². The molecule has 0 saturated carbocycles. The first kappa shape index (κ1) is 18.0. The summed E-state index contributed by atoms with van der Waals surface area (Å²) in [5.74, 6) is -1.79. The quantitative estimate of drug-likeness (QED) is 0.319. The van der Waals surface area contributed by atoms with Gasteiger partial charge in [0.05, 0.1) is 0 Å². The molecule has 0 fully saturated rings. The number of allylic oxidation sites excluding steroid dienone is 1. The molecule has 0 aromatic rings. The van der Waals surface area contributed by atoms with Crippen LogP contribution in [0.15, 0.2) is 11.3 Å². The van der Waals surface area contributed by atoms with E-state index in [-0.39, 0.29) is 0 Å². The number of carbonyl (C=O) groups is 1. The molecule has 0 spiro atoms. The van der Waals surface area contributed by atoms with Crippen LogP contribution < -0.4 is 0 Å². The maximum atomic E-state index is 10.5. The monoisotopic (exact) mass is 272 g/mol. The maximum Gasteiger partial charge on any atom is 0.370 e. The molecule has 0 rings (SSSR count). The molecule has 19 heavy (non-hydrogen) atoms. The van der Waals surface area contributed by atoms with Crippen LogP contribution in [0.25, 0.3) is 0 Å². The van der Waals surface area contributed by atoms with Crippen LogP contribution in [-0.4, -0.2) is 29.4 Å². The van der Waals surface area contributed by atoms with Crippen LogP contribution in [0.5, 0.6) is 0 Å². The van der Waals surface area contributed by atoms with E-state index in [1.165, 1.54) is 32.1 Å². The van der Waals surface area contributed by atoms with E-state index >= 15 is 0 Å². The SMILES string of the molecule is CCCCCCCCOCCCC(C)=C(O)C(=O)O. The number of aliphatic carboxylic acids is 1. The Morgan fingerprint density at radius 2 is 1.53 bits per heavy atom. The summed E-state index contributed by atoms with van der Waals surface area (Å²) < 4.78 is 5.48. The van der Waals surface area contributed by atoms with Crippen molar-refractivity contribution in [3.8, 4) is 0 Å². The Morgan fingerprint density at radius 1 is 0.947 bits per heavy atom. The Morgan fingerprint density at radius 3 is 2.16 bits per heavy atom. The highest BCUT2D eigenvalue weighted by molar-refractivity contribution is 5.84. The van der Waals surface area contributed by atoms with E-state index in [1.54, 1.807) is 6.92 Å². The second-order valence-corrected chi connectivity index (χ2v) is 4.92. The maximum absolute atomic E-state index is 10.5. The third-order valence-corrected chi connectivity index (χ3v) is 3.09. The van der Waals surface area contributed by atoms with Crippen LogP contribution in [-0.2, 0) is 9.53 Å². The lowest BCUT2D eigenvalue weighted by Gasteiger charge is -2.05. The average molecular weight is 272 g/mol. The number of aliphatic hydroxyl groups excluding tert-OH is 1. The lowest BCUT2D eigenvalue weighted by atomic mass is 10.1. The number of carboxylic acid groups (broad SMARTS) is 1. The van der Waals surface area contributed by atoms with E-state index in [0.717, 1.165) is 19.4 Å². The molecule has 0 radical (unpaired) electrons. The highest BCUT2D eigenvalue weighted by Crippen LogP contribution is 2.09. The Balaban J connectivity index is 3.36. The van der Waals surface area contributed by atoms with Crippen molar-refractivity contribution >= 4 is 5.97 Å². The molecular weight excluding hydrogens is 244 g/mol. The summed E-state index contributed by atoms with van der Waals surface area (Å²) in [4.78, 5) is 10.5. The second-order valence-electron chi connectivity index (χ2n) is 4.92. The van der Waals surface area contributed by atoms with Crippen molar-refractivity contribution in [3.05, 3.63) is 11.3 Å². The summed E-state index contributed by atoms with van der Waals surface area (Å²) in [5.41, 5.74) is 0.510. The van der Waals surface area contributed by atoms with Crippen LogP contribution in [0.2, 0.25) is 0 Å². The van der Waals surface area contributed by atoms with E-state index in [4.69, 9.17) is 9.84 Å². The Hall–Kier alpha value is -1.03. The highest BCUT2D eigenvalue weighted by atomic mass is 16.5. The Bertz CT molecular complexity index is 271. The number of rotatable bonds is 12. The summed E-state index contributed by atoms with van der Waals surface area (Å²) in [7, 11) is 0. The Labute approximate surface area is 116 Å². The first-order chi connectivity index (χ1) is 9.09. The van der Waals surface area contributed by atoms with E-state index in [2.05, 4.69) is 6.92 Å². The number of hydrogen-bond donors (Lipinski definition) is 2. The molecule has 0 atom stereocenters. The summed E-state index contributed by atoms with van der Waals surface area (Å²) in [6.45, 7) is 5.25. The molecule has 0 saturated heterocycles.